The van der Waals surface area contributed by atoms with Gasteiger partial charge in [-0.3, -0.25) is 0 Å². The number of aliphatic carboxylic acids is 4. The Bertz CT molecular complexity index is 1280. The van der Waals surface area contributed by atoms with Crippen LogP contribution < -0.4 is 0 Å². The maximum atomic E-state index is 12.2. The first kappa shape index (κ1) is 41.9. The lowest BCUT2D eigenvalue weighted by Crippen LogP contribution is -2.68. The molecule has 52 heavy (non-hydrogen) atoms. The van der Waals surface area contributed by atoms with Gasteiger partial charge in [0.05, 0.1) is 6.10 Å². The predicted molar refractivity (Wildman–Crippen MR) is 150 cm³/mol. The van der Waals surface area contributed by atoms with Crippen molar-refractivity contribution in [3.05, 3.63) is 0 Å². The van der Waals surface area contributed by atoms with Gasteiger partial charge < -0.3 is 104 Å². The molecule has 0 aromatic heterocycles. The van der Waals surface area contributed by atoms with E-state index in [4.69, 9.17) is 33.2 Å². The monoisotopic (exact) mass is 764 g/mol. The molecule has 20 atom stereocenters. The Hall–Kier alpha value is -2.80. The van der Waals surface area contributed by atoms with Crippen molar-refractivity contribution in [2.24, 2.45) is 0 Å². The van der Waals surface area contributed by atoms with Gasteiger partial charge in [0.15, 0.2) is 49.6 Å². The first-order chi connectivity index (χ1) is 24.2. The fourth-order valence-corrected chi connectivity index (χ4v) is 5.88. The van der Waals surface area contributed by atoms with Crippen LogP contribution in [0.4, 0.5) is 0 Å². The van der Waals surface area contributed by atoms with Crippen LogP contribution in [0.3, 0.4) is 0 Å². The van der Waals surface area contributed by atoms with Gasteiger partial charge in [-0.1, -0.05) is 0 Å². The van der Waals surface area contributed by atoms with Crippen molar-refractivity contribution in [2.75, 3.05) is 0 Å². The summed E-state index contributed by atoms with van der Waals surface area (Å²) in [6.07, 6.45) is -45.1. The molecule has 0 aromatic rings. The zero-order valence-corrected chi connectivity index (χ0v) is 26.8. The number of hydrogen-bond donors (Lipinski definition) is 13. The van der Waals surface area contributed by atoms with Gasteiger partial charge in [0.25, 0.3) is 0 Å². The Morgan fingerprint density at radius 1 is 0.423 bits per heavy atom. The molecule has 4 rings (SSSR count). The van der Waals surface area contributed by atoms with Gasteiger partial charge in [0.2, 0.25) is 0 Å². The Morgan fingerprint density at radius 2 is 0.692 bits per heavy atom. The highest BCUT2D eigenvalue weighted by atomic mass is 16.8. The van der Waals surface area contributed by atoms with E-state index in [1.54, 1.807) is 0 Å². The number of aliphatic hydroxyl groups excluding tert-OH is 9. The Kier molecular flexibility index (Phi) is 13.5. The van der Waals surface area contributed by atoms with Crippen molar-refractivity contribution in [2.45, 2.75) is 143 Å². The normalized spacial score (nSPS) is 47.2. The highest BCUT2D eigenvalue weighted by Gasteiger charge is 2.58. The van der Waals surface area contributed by atoms with Crippen LogP contribution in [-0.4, -0.2) is 219 Å². The van der Waals surface area contributed by atoms with Gasteiger partial charge >= 0.3 is 23.9 Å². The highest BCUT2D eigenvalue weighted by Crippen LogP contribution is 2.35. The minimum absolute atomic E-state index is 0.659. The maximum absolute atomic E-state index is 12.2. The SMILES string of the molecule is CC(C)O[C@@H]1C(C(=O)O)O[C@@H](O[C@H]2C(O)C(O)[C@H](O[C@@H]3C(C(=O)O)O[C@@H](O[C@H]4C(O)C(O)[C@H](O)O[C@H]4C(=O)O)C(O)[C@H]3O)O[C@H]2C(=O)O)C(O)[C@@H]1O. The van der Waals surface area contributed by atoms with Crippen LogP contribution in [0.25, 0.3) is 0 Å². The minimum Gasteiger partial charge on any atom is -0.479 e. The van der Waals surface area contributed by atoms with E-state index in [1.165, 1.54) is 13.8 Å². The van der Waals surface area contributed by atoms with Crippen molar-refractivity contribution in [1.29, 1.82) is 0 Å². The number of carbonyl (C=O) groups is 4. The molecule has 13 N–H and O–H groups in total. The summed E-state index contributed by atoms with van der Waals surface area (Å²) in [5.74, 6) is -7.44. The van der Waals surface area contributed by atoms with Gasteiger partial charge in [0.1, 0.15) is 73.2 Å². The van der Waals surface area contributed by atoms with Crippen LogP contribution in [0, 0.1) is 0 Å². The van der Waals surface area contributed by atoms with Crippen molar-refractivity contribution in [3.8, 4) is 0 Å². The number of carboxylic acid groups (broad SMARTS) is 4. The molecular formula is C27H40O25. The third-order valence-corrected chi connectivity index (χ3v) is 8.47. The van der Waals surface area contributed by atoms with Crippen LogP contribution in [0.5, 0.6) is 0 Å². The molecule has 8 unspecified atom stereocenters. The highest BCUT2D eigenvalue weighted by molar-refractivity contribution is 5.75. The average molecular weight is 765 g/mol. The zero-order chi connectivity index (χ0) is 39.1. The molecule has 4 aliphatic rings. The summed E-state index contributed by atoms with van der Waals surface area (Å²) >= 11 is 0. The second-order valence-electron chi connectivity index (χ2n) is 12.5. The molecular weight excluding hydrogens is 724 g/mol. The van der Waals surface area contributed by atoms with Crippen molar-refractivity contribution < 1.29 is 123 Å². The molecule has 0 aromatic carbocycles. The molecule has 0 radical (unpaired) electrons. The Labute approximate surface area is 290 Å². The van der Waals surface area contributed by atoms with E-state index < -0.39 is 153 Å². The second-order valence-corrected chi connectivity index (χ2v) is 12.5. The molecule has 4 aliphatic heterocycles. The predicted octanol–water partition coefficient (Wildman–Crippen LogP) is -7.95. The third kappa shape index (κ3) is 8.45. The molecule has 25 nitrogen and oxygen atoms in total. The number of rotatable bonds is 12. The van der Waals surface area contributed by atoms with Crippen LogP contribution in [0.1, 0.15) is 13.8 Å². The molecule has 4 fully saturated rings. The van der Waals surface area contributed by atoms with E-state index in [0.29, 0.717) is 0 Å². The lowest BCUT2D eigenvalue weighted by Gasteiger charge is -2.48. The van der Waals surface area contributed by atoms with Crippen molar-refractivity contribution in [1.82, 2.24) is 0 Å². The molecule has 0 bridgehead atoms. The summed E-state index contributed by atoms with van der Waals surface area (Å²) < 4.78 is 41.4. The fourth-order valence-electron chi connectivity index (χ4n) is 5.88. The number of carboxylic acids is 4. The van der Waals surface area contributed by atoms with Gasteiger partial charge in [0, 0.05) is 0 Å². The van der Waals surface area contributed by atoms with Crippen molar-refractivity contribution >= 4 is 23.9 Å². The van der Waals surface area contributed by atoms with Gasteiger partial charge in [-0.15, -0.1) is 0 Å². The fraction of sp³-hybridized carbons (Fsp3) is 0.852. The van der Waals surface area contributed by atoms with Gasteiger partial charge in [-0.2, -0.15) is 0 Å². The lowest BCUT2D eigenvalue weighted by molar-refractivity contribution is -0.379. The first-order valence-corrected chi connectivity index (χ1v) is 15.4. The maximum Gasteiger partial charge on any atom is 0.335 e. The summed E-state index contributed by atoms with van der Waals surface area (Å²) in [4.78, 5) is 47.9. The second kappa shape index (κ2) is 16.7. The third-order valence-electron chi connectivity index (χ3n) is 8.47. The van der Waals surface area contributed by atoms with E-state index >= 15 is 0 Å². The molecule has 25 heteroatoms. The Morgan fingerprint density at radius 3 is 1.00 bits per heavy atom. The molecule has 0 spiro atoms. The van der Waals surface area contributed by atoms with E-state index in [1.807, 2.05) is 0 Å². The quantitative estimate of drug-likeness (QED) is 0.0877. The van der Waals surface area contributed by atoms with Crippen LogP contribution in [0.2, 0.25) is 0 Å². The number of aliphatic hydroxyl groups is 9. The minimum atomic E-state index is -2.42. The van der Waals surface area contributed by atoms with Crippen LogP contribution >= 0.6 is 0 Å². The molecule has 0 amide bonds. The molecule has 4 heterocycles. The summed E-state index contributed by atoms with van der Waals surface area (Å²) in [6.45, 7) is 2.98. The number of hydrogen-bond acceptors (Lipinski definition) is 21. The number of ether oxygens (including phenoxy) is 8. The standard InChI is InChI=1S/C27H40O25/c1-3(2)45-12-5(29)9(33)25(50-17(12)21(38)39)48-14-7(31)11(35)27(52-19(14)23(42)43)49-15-6(30)10(34)26(51-18(15)22(40)41)47-13-4(28)8(32)24(44)46-16(13)20(36)37/h3-19,24-35,44H,1-2H3,(H,36,37)(H,38,39)(H,40,41)(H,42,43)/t4?,5-,6+,7?,8?,9?,10?,11?,12-,13-,14-,15-,16+,17?,18?,19+,24+,25+,26+,27+/m0/s1. The zero-order valence-electron chi connectivity index (χ0n) is 26.8. The summed E-state index contributed by atoms with van der Waals surface area (Å²) in [5, 5.41) is 133. The molecule has 298 valence electrons. The molecule has 0 aliphatic carbocycles. The van der Waals surface area contributed by atoms with Gasteiger partial charge in [-0.25, -0.2) is 19.2 Å². The largest absolute Gasteiger partial charge is 0.479 e. The summed E-state index contributed by atoms with van der Waals surface area (Å²) in [6, 6.07) is 0. The van der Waals surface area contributed by atoms with E-state index in [9.17, 15) is 85.6 Å². The topological polar surface area (TPSA) is 405 Å². The van der Waals surface area contributed by atoms with E-state index in [0.717, 1.165) is 0 Å². The molecule has 4 saturated heterocycles. The van der Waals surface area contributed by atoms with E-state index in [-0.39, 0.29) is 0 Å². The van der Waals surface area contributed by atoms with E-state index in [2.05, 4.69) is 4.74 Å². The Balaban J connectivity index is 1.51. The average Bonchev–Trinajstić information content (AvgIpc) is 3.06. The van der Waals surface area contributed by atoms with Crippen molar-refractivity contribution in [3.63, 3.8) is 0 Å². The summed E-state index contributed by atoms with van der Waals surface area (Å²) in [5.41, 5.74) is 0. The molecule has 0 saturated carbocycles. The summed E-state index contributed by atoms with van der Waals surface area (Å²) in [7, 11) is 0. The van der Waals surface area contributed by atoms with Gasteiger partial charge in [-0.05, 0) is 13.8 Å². The smallest absolute Gasteiger partial charge is 0.335 e. The first-order valence-electron chi connectivity index (χ1n) is 15.4. The lowest BCUT2D eigenvalue weighted by atomic mass is 9.95. The van der Waals surface area contributed by atoms with Crippen LogP contribution in [-0.2, 0) is 57.1 Å². The van der Waals surface area contributed by atoms with Crippen LogP contribution in [0.15, 0.2) is 0 Å².